The summed E-state index contributed by atoms with van der Waals surface area (Å²) >= 11 is 0. The van der Waals surface area contributed by atoms with Crippen LogP contribution in [0.3, 0.4) is 0 Å². The van der Waals surface area contributed by atoms with Gasteiger partial charge in [-0.25, -0.2) is 0 Å². The summed E-state index contributed by atoms with van der Waals surface area (Å²) in [6.45, 7) is 2.05. The Morgan fingerprint density at radius 2 is 1.67 bits per heavy atom. The van der Waals surface area contributed by atoms with Crippen LogP contribution in [0.4, 0.5) is 5.69 Å². The van der Waals surface area contributed by atoms with Gasteiger partial charge in [-0.1, -0.05) is 12.8 Å². The van der Waals surface area contributed by atoms with Gasteiger partial charge in [0, 0.05) is 31.4 Å². The number of hydrogen-bond acceptors (Lipinski definition) is 3. The van der Waals surface area contributed by atoms with E-state index in [9.17, 15) is 9.59 Å². The summed E-state index contributed by atoms with van der Waals surface area (Å²) in [5.74, 6) is 0.0365. The SMILES string of the molecule is CNC(=O)c1ccc(NCC(=O)N2CCCCCC2)cc1. The lowest BCUT2D eigenvalue weighted by molar-refractivity contribution is -0.129. The fourth-order valence-electron chi connectivity index (χ4n) is 2.49. The Bertz CT molecular complexity index is 477. The van der Waals surface area contributed by atoms with E-state index in [0.717, 1.165) is 31.6 Å². The number of nitrogens with zero attached hydrogens (tertiary/aromatic N) is 1. The molecule has 1 aliphatic rings. The molecule has 21 heavy (non-hydrogen) atoms. The molecule has 114 valence electrons. The van der Waals surface area contributed by atoms with Gasteiger partial charge in [0.2, 0.25) is 5.91 Å². The molecular weight excluding hydrogens is 266 g/mol. The van der Waals surface area contributed by atoms with E-state index in [-0.39, 0.29) is 11.8 Å². The van der Waals surface area contributed by atoms with E-state index in [2.05, 4.69) is 10.6 Å². The van der Waals surface area contributed by atoms with E-state index in [1.807, 2.05) is 17.0 Å². The maximum atomic E-state index is 12.1. The Kier molecular flexibility index (Phi) is 5.60. The molecule has 0 aliphatic carbocycles. The molecule has 1 fully saturated rings. The first kappa shape index (κ1) is 15.4. The molecule has 2 amide bonds. The number of rotatable bonds is 4. The number of anilines is 1. The molecule has 0 unspecified atom stereocenters. The van der Waals surface area contributed by atoms with Crippen molar-refractivity contribution in [1.82, 2.24) is 10.2 Å². The van der Waals surface area contributed by atoms with Crippen molar-refractivity contribution in [2.45, 2.75) is 25.7 Å². The maximum absolute atomic E-state index is 12.1. The van der Waals surface area contributed by atoms with E-state index in [4.69, 9.17) is 0 Å². The quantitative estimate of drug-likeness (QED) is 0.889. The van der Waals surface area contributed by atoms with Crippen molar-refractivity contribution >= 4 is 17.5 Å². The first-order valence-electron chi connectivity index (χ1n) is 7.54. The van der Waals surface area contributed by atoms with Crippen molar-refractivity contribution in [3.05, 3.63) is 29.8 Å². The number of nitrogens with one attached hydrogen (secondary N) is 2. The van der Waals surface area contributed by atoms with Gasteiger partial charge >= 0.3 is 0 Å². The molecule has 2 rings (SSSR count). The Balaban J connectivity index is 1.84. The van der Waals surface area contributed by atoms with Crippen LogP contribution in [0.15, 0.2) is 24.3 Å². The molecule has 1 aromatic carbocycles. The number of likely N-dealkylation sites (tertiary alicyclic amines) is 1. The van der Waals surface area contributed by atoms with E-state index >= 15 is 0 Å². The lowest BCUT2D eigenvalue weighted by atomic mass is 10.2. The molecular formula is C16H23N3O2. The molecule has 0 saturated carbocycles. The van der Waals surface area contributed by atoms with Gasteiger partial charge in [0.1, 0.15) is 0 Å². The number of hydrogen-bond donors (Lipinski definition) is 2. The van der Waals surface area contributed by atoms with Crippen LogP contribution in [-0.2, 0) is 4.79 Å². The monoisotopic (exact) mass is 289 g/mol. The van der Waals surface area contributed by atoms with Crippen molar-refractivity contribution in [3.63, 3.8) is 0 Å². The Morgan fingerprint density at radius 1 is 1.05 bits per heavy atom. The standard InChI is InChI=1S/C16H23N3O2/c1-17-16(21)13-6-8-14(9-7-13)18-12-15(20)19-10-4-2-3-5-11-19/h6-9,18H,2-5,10-12H2,1H3,(H,17,21). The summed E-state index contributed by atoms with van der Waals surface area (Å²) in [6, 6.07) is 7.13. The van der Waals surface area contributed by atoms with Crippen molar-refractivity contribution in [3.8, 4) is 0 Å². The predicted octanol–water partition coefficient (Wildman–Crippen LogP) is 1.86. The van der Waals surface area contributed by atoms with Crippen LogP contribution in [0.5, 0.6) is 0 Å². The second-order valence-corrected chi connectivity index (χ2v) is 5.31. The Hall–Kier alpha value is -2.04. The topological polar surface area (TPSA) is 61.4 Å². The van der Waals surface area contributed by atoms with E-state index in [1.165, 1.54) is 12.8 Å². The van der Waals surface area contributed by atoms with Crippen LogP contribution >= 0.6 is 0 Å². The molecule has 1 saturated heterocycles. The molecule has 0 spiro atoms. The lowest BCUT2D eigenvalue weighted by Crippen LogP contribution is -2.36. The van der Waals surface area contributed by atoms with Gasteiger partial charge in [-0.2, -0.15) is 0 Å². The Labute approximate surface area is 125 Å². The summed E-state index contributed by atoms with van der Waals surface area (Å²) in [5, 5.41) is 5.70. The minimum Gasteiger partial charge on any atom is -0.376 e. The second-order valence-electron chi connectivity index (χ2n) is 5.31. The highest BCUT2D eigenvalue weighted by Crippen LogP contribution is 2.12. The maximum Gasteiger partial charge on any atom is 0.251 e. The van der Waals surface area contributed by atoms with Gasteiger partial charge in [-0.15, -0.1) is 0 Å². The summed E-state index contributed by atoms with van der Waals surface area (Å²) in [5.41, 5.74) is 1.47. The largest absolute Gasteiger partial charge is 0.376 e. The number of benzene rings is 1. The molecule has 1 heterocycles. The molecule has 0 radical (unpaired) electrons. The number of carbonyl (C=O) groups excluding carboxylic acids is 2. The predicted molar refractivity (Wildman–Crippen MR) is 83.4 cm³/mol. The van der Waals surface area contributed by atoms with E-state index < -0.39 is 0 Å². The van der Waals surface area contributed by atoms with Gasteiger partial charge in [-0.3, -0.25) is 9.59 Å². The van der Waals surface area contributed by atoms with Gasteiger partial charge in [0.05, 0.1) is 6.54 Å². The third kappa shape index (κ3) is 4.48. The highest BCUT2D eigenvalue weighted by atomic mass is 16.2. The fourth-order valence-corrected chi connectivity index (χ4v) is 2.49. The van der Waals surface area contributed by atoms with Gasteiger partial charge in [-0.05, 0) is 37.1 Å². The molecule has 0 aromatic heterocycles. The molecule has 1 aliphatic heterocycles. The molecule has 5 nitrogen and oxygen atoms in total. The first-order valence-corrected chi connectivity index (χ1v) is 7.54. The third-order valence-electron chi connectivity index (χ3n) is 3.78. The number of carbonyl (C=O) groups is 2. The van der Waals surface area contributed by atoms with E-state index in [1.54, 1.807) is 19.2 Å². The van der Waals surface area contributed by atoms with E-state index in [0.29, 0.717) is 12.1 Å². The average Bonchev–Trinajstić information content (AvgIpc) is 2.81. The number of amides is 2. The summed E-state index contributed by atoms with van der Waals surface area (Å²) in [6.07, 6.45) is 4.65. The normalized spacial score (nSPS) is 15.2. The Morgan fingerprint density at radius 3 is 2.24 bits per heavy atom. The van der Waals surface area contributed by atoms with Gasteiger partial charge < -0.3 is 15.5 Å². The van der Waals surface area contributed by atoms with Crippen molar-refractivity contribution in [2.75, 3.05) is 32.0 Å². The van der Waals surface area contributed by atoms with Crippen molar-refractivity contribution in [2.24, 2.45) is 0 Å². The van der Waals surface area contributed by atoms with Crippen LogP contribution in [-0.4, -0.2) is 43.4 Å². The van der Waals surface area contributed by atoms with Crippen LogP contribution < -0.4 is 10.6 Å². The van der Waals surface area contributed by atoms with Gasteiger partial charge in [0.15, 0.2) is 0 Å². The fraction of sp³-hybridized carbons (Fsp3) is 0.500. The highest BCUT2D eigenvalue weighted by Gasteiger charge is 2.14. The zero-order chi connectivity index (χ0) is 15.1. The van der Waals surface area contributed by atoms with Crippen molar-refractivity contribution in [1.29, 1.82) is 0 Å². The first-order chi connectivity index (χ1) is 10.2. The van der Waals surface area contributed by atoms with Crippen molar-refractivity contribution < 1.29 is 9.59 Å². The summed E-state index contributed by atoms with van der Waals surface area (Å²) in [4.78, 5) is 25.5. The zero-order valence-electron chi connectivity index (χ0n) is 12.5. The summed E-state index contributed by atoms with van der Waals surface area (Å²) < 4.78 is 0. The molecule has 2 N–H and O–H groups in total. The molecule has 0 bridgehead atoms. The molecule has 5 heteroatoms. The minimum absolute atomic E-state index is 0.109. The van der Waals surface area contributed by atoms with Gasteiger partial charge in [0.25, 0.3) is 5.91 Å². The van der Waals surface area contributed by atoms with Crippen LogP contribution in [0.2, 0.25) is 0 Å². The van der Waals surface area contributed by atoms with Crippen LogP contribution in [0.25, 0.3) is 0 Å². The van der Waals surface area contributed by atoms with Crippen LogP contribution in [0.1, 0.15) is 36.0 Å². The average molecular weight is 289 g/mol. The molecule has 0 atom stereocenters. The zero-order valence-corrected chi connectivity index (χ0v) is 12.5. The lowest BCUT2D eigenvalue weighted by Gasteiger charge is -2.20. The second kappa shape index (κ2) is 7.67. The third-order valence-corrected chi connectivity index (χ3v) is 3.78. The highest BCUT2D eigenvalue weighted by molar-refractivity contribution is 5.94. The summed E-state index contributed by atoms with van der Waals surface area (Å²) in [7, 11) is 1.61. The smallest absolute Gasteiger partial charge is 0.251 e. The molecule has 1 aromatic rings. The minimum atomic E-state index is -0.109. The van der Waals surface area contributed by atoms with Crippen LogP contribution in [0, 0.1) is 0 Å².